The zero-order chi connectivity index (χ0) is 8.32. The minimum atomic E-state index is -0.339. The molecule has 0 aliphatic carbocycles. The van der Waals surface area contributed by atoms with Crippen LogP contribution in [0.4, 0.5) is 0 Å². The van der Waals surface area contributed by atoms with Gasteiger partial charge in [-0.3, -0.25) is 0 Å². The van der Waals surface area contributed by atoms with Crippen LogP contribution in [0.2, 0.25) is 0 Å². The number of hydrogen-bond donors (Lipinski definition) is 0. The van der Waals surface area contributed by atoms with E-state index in [1.54, 1.807) is 0 Å². The van der Waals surface area contributed by atoms with Crippen molar-refractivity contribution >= 4 is 0 Å². The van der Waals surface area contributed by atoms with Gasteiger partial charge in [-0.1, -0.05) is 27.2 Å². The van der Waals surface area contributed by atoms with E-state index in [-0.39, 0.29) is 5.66 Å². The normalized spacial score (nSPS) is 20.0. The molecule has 0 atom stereocenters. The molecule has 4 heteroatoms. The average Bonchev–Trinajstić information content (AvgIpc) is 2.38. The lowest BCUT2D eigenvalue weighted by molar-refractivity contribution is 0.296. The number of hydrogen-bond acceptors (Lipinski definition) is 4. The van der Waals surface area contributed by atoms with E-state index in [1.807, 2.05) is 0 Å². The zero-order valence-corrected chi connectivity index (χ0v) is 7.28. The topological polar surface area (TPSA) is 49.4 Å². The smallest absolute Gasteiger partial charge is 0.134 e. The molecular weight excluding hydrogens is 140 g/mol. The zero-order valence-electron chi connectivity index (χ0n) is 7.28. The highest BCUT2D eigenvalue weighted by Crippen LogP contribution is 2.32. The Morgan fingerprint density at radius 3 is 2.09 bits per heavy atom. The van der Waals surface area contributed by atoms with Crippen LogP contribution in [0.15, 0.2) is 20.7 Å². The molecule has 0 aromatic rings. The molecule has 62 valence electrons. The van der Waals surface area contributed by atoms with Gasteiger partial charge in [0.15, 0.2) is 5.66 Å². The Morgan fingerprint density at radius 2 is 1.73 bits per heavy atom. The van der Waals surface area contributed by atoms with Crippen LogP contribution in [0.3, 0.4) is 0 Å². The van der Waals surface area contributed by atoms with E-state index in [9.17, 15) is 0 Å². The fourth-order valence-electron chi connectivity index (χ4n) is 1.20. The molecule has 4 nitrogen and oxygen atoms in total. The maximum Gasteiger partial charge on any atom is 0.197 e. The lowest BCUT2D eigenvalue weighted by Gasteiger charge is -2.22. The Balaban J connectivity index is 2.72. The van der Waals surface area contributed by atoms with Crippen molar-refractivity contribution in [3.8, 4) is 0 Å². The lowest BCUT2D eigenvalue weighted by Crippen LogP contribution is -2.28. The SMILES string of the molecule is CCCC1(C(C)C)N=NN=N1. The van der Waals surface area contributed by atoms with Crippen LogP contribution in [0, 0.1) is 5.92 Å². The largest absolute Gasteiger partial charge is 0.197 e. The molecule has 0 saturated heterocycles. The van der Waals surface area contributed by atoms with Crippen molar-refractivity contribution in [2.24, 2.45) is 26.6 Å². The van der Waals surface area contributed by atoms with E-state index in [2.05, 4.69) is 41.4 Å². The van der Waals surface area contributed by atoms with Gasteiger partial charge in [-0.05, 0) is 16.9 Å². The van der Waals surface area contributed by atoms with Gasteiger partial charge in [-0.15, -0.1) is 10.2 Å². The molecule has 11 heavy (non-hydrogen) atoms. The second-order valence-electron chi connectivity index (χ2n) is 3.16. The first-order valence-corrected chi connectivity index (χ1v) is 4.05. The van der Waals surface area contributed by atoms with Crippen LogP contribution in [-0.2, 0) is 0 Å². The van der Waals surface area contributed by atoms with E-state index in [0.717, 1.165) is 12.8 Å². The van der Waals surface area contributed by atoms with Gasteiger partial charge in [0.25, 0.3) is 0 Å². The predicted molar refractivity (Wildman–Crippen MR) is 42.2 cm³/mol. The maximum absolute atomic E-state index is 4.05. The van der Waals surface area contributed by atoms with Gasteiger partial charge in [-0.25, -0.2) is 0 Å². The molecular formula is C7H14N4. The van der Waals surface area contributed by atoms with Crippen LogP contribution >= 0.6 is 0 Å². The van der Waals surface area contributed by atoms with Gasteiger partial charge in [-0.2, -0.15) is 0 Å². The Labute approximate surface area is 66.8 Å². The first-order valence-electron chi connectivity index (χ1n) is 4.05. The van der Waals surface area contributed by atoms with E-state index < -0.39 is 0 Å². The summed E-state index contributed by atoms with van der Waals surface area (Å²) in [5, 5.41) is 15.2. The molecule has 0 bridgehead atoms. The summed E-state index contributed by atoms with van der Waals surface area (Å²) in [5.74, 6) is 0.387. The van der Waals surface area contributed by atoms with Crippen LogP contribution in [-0.4, -0.2) is 5.66 Å². The van der Waals surface area contributed by atoms with Crippen LogP contribution in [0.5, 0.6) is 0 Å². The summed E-state index contributed by atoms with van der Waals surface area (Å²) in [4.78, 5) is 0. The highest BCUT2D eigenvalue weighted by Gasteiger charge is 2.35. The van der Waals surface area contributed by atoms with Crippen molar-refractivity contribution in [1.29, 1.82) is 0 Å². The molecule has 1 heterocycles. The van der Waals surface area contributed by atoms with Crippen LogP contribution < -0.4 is 0 Å². The molecule has 0 N–H and O–H groups in total. The molecule has 1 rings (SSSR count). The minimum Gasteiger partial charge on any atom is -0.134 e. The summed E-state index contributed by atoms with van der Waals surface area (Å²) in [6, 6.07) is 0. The Kier molecular flexibility index (Phi) is 2.31. The lowest BCUT2D eigenvalue weighted by atomic mass is 9.93. The maximum atomic E-state index is 4.05. The first-order chi connectivity index (χ1) is 5.21. The summed E-state index contributed by atoms with van der Waals surface area (Å²) in [5.41, 5.74) is -0.339. The molecule has 0 fully saturated rings. The quantitative estimate of drug-likeness (QED) is 0.600. The van der Waals surface area contributed by atoms with Crippen molar-refractivity contribution in [2.45, 2.75) is 39.3 Å². The monoisotopic (exact) mass is 154 g/mol. The molecule has 1 aliphatic heterocycles. The van der Waals surface area contributed by atoms with Crippen molar-refractivity contribution in [2.75, 3.05) is 0 Å². The molecule has 0 amide bonds. The summed E-state index contributed by atoms with van der Waals surface area (Å²) >= 11 is 0. The van der Waals surface area contributed by atoms with Crippen molar-refractivity contribution in [1.82, 2.24) is 0 Å². The van der Waals surface area contributed by atoms with Crippen LogP contribution in [0.1, 0.15) is 33.6 Å². The third-order valence-corrected chi connectivity index (χ3v) is 2.02. The van der Waals surface area contributed by atoms with Gasteiger partial charge in [0.1, 0.15) is 0 Å². The fourth-order valence-corrected chi connectivity index (χ4v) is 1.20. The molecule has 0 unspecified atom stereocenters. The van der Waals surface area contributed by atoms with Gasteiger partial charge in [0, 0.05) is 5.92 Å². The molecule has 0 saturated carbocycles. The van der Waals surface area contributed by atoms with Gasteiger partial charge in [0.2, 0.25) is 0 Å². The highest BCUT2D eigenvalue weighted by atomic mass is 15.6. The summed E-state index contributed by atoms with van der Waals surface area (Å²) < 4.78 is 0. The van der Waals surface area contributed by atoms with Gasteiger partial charge in [0.05, 0.1) is 0 Å². The van der Waals surface area contributed by atoms with E-state index in [0.29, 0.717) is 5.92 Å². The molecule has 0 aromatic carbocycles. The molecule has 0 radical (unpaired) electrons. The summed E-state index contributed by atoms with van der Waals surface area (Å²) in [6.07, 6.45) is 2.01. The standard InChI is InChI=1S/C7H14N4/c1-4-5-7(6(2)3)8-10-11-9-7/h6H,4-5H2,1-3H3. The Morgan fingerprint density at radius 1 is 1.18 bits per heavy atom. The van der Waals surface area contributed by atoms with E-state index >= 15 is 0 Å². The third kappa shape index (κ3) is 1.44. The second-order valence-corrected chi connectivity index (χ2v) is 3.16. The number of rotatable bonds is 3. The average molecular weight is 154 g/mol. The Bertz CT molecular complexity index is 171. The fraction of sp³-hybridized carbons (Fsp3) is 1.00. The second kappa shape index (κ2) is 3.07. The van der Waals surface area contributed by atoms with E-state index in [4.69, 9.17) is 0 Å². The van der Waals surface area contributed by atoms with Crippen molar-refractivity contribution < 1.29 is 0 Å². The Hall–Kier alpha value is -0.800. The van der Waals surface area contributed by atoms with Gasteiger partial charge < -0.3 is 0 Å². The molecule has 1 aliphatic rings. The third-order valence-electron chi connectivity index (χ3n) is 2.02. The summed E-state index contributed by atoms with van der Waals surface area (Å²) in [6.45, 7) is 6.31. The van der Waals surface area contributed by atoms with Crippen molar-refractivity contribution in [3.63, 3.8) is 0 Å². The molecule has 0 aromatic heterocycles. The van der Waals surface area contributed by atoms with E-state index in [1.165, 1.54) is 0 Å². The van der Waals surface area contributed by atoms with Gasteiger partial charge >= 0.3 is 0 Å². The highest BCUT2D eigenvalue weighted by molar-refractivity contribution is 4.87. The minimum absolute atomic E-state index is 0.339. The van der Waals surface area contributed by atoms with Crippen LogP contribution in [0.25, 0.3) is 0 Å². The van der Waals surface area contributed by atoms with Crippen molar-refractivity contribution in [3.05, 3.63) is 0 Å². The first kappa shape index (κ1) is 8.30. The molecule has 0 spiro atoms. The number of nitrogens with zero attached hydrogens (tertiary/aromatic N) is 4. The summed E-state index contributed by atoms with van der Waals surface area (Å²) in [7, 11) is 0. The predicted octanol–water partition coefficient (Wildman–Crippen LogP) is 2.97.